The molecule has 0 unspecified atom stereocenters. The molecule has 0 amide bonds. The lowest BCUT2D eigenvalue weighted by Gasteiger charge is -2.01. The van der Waals surface area contributed by atoms with Crippen LogP contribution in [-0.4, -0.2) is 5.97 Å². The Morgan fingerprint density at radius 3 is 2.16 bits per heavy atom. The van der Waals surface area contributed by atoms with Gasteiger partial charge in [0.1, 0.15) is 3.39 Å². The van der Waals surface area contributed by atoms with Crippen LogP contribution >= 0.6 is 31.9 Å². The molecule has 1 rings (SSSR count). The number of carbonyl (C=O) groups is 1. The van der Waals surface area contributed by atoms with Crippen LogP contribution in [0.4, 0.5) is 0 Å². The second-order valence-corrected chi connectivity index (χ2v) is 7.56. The Balaban J connectivity index is 2.11. The van der Waals surface area contributed by atoms with Gasteiger partial charge in [-0.25, -0.2) is 4.79 Å². The molecule has 1 heterocycles. The van der Waals surface area contributed by atoms with Crippen molar-refractivity contribution in [2.24, 2.45) is 0 Å². The fourth-order valence-corrected chi connectivity index (χ4v) is 2.52. The van der Waals surface area contributed by atoms with Crippen LogP contribution in [0, 0.1) is 0 Å². The van der Waals surface area contributed by atoms with Crippen LogP contribution in [0.3, 0.4) is 0 Å². The first-order valence-electron chi connectivity index (χ1n) is 7.13. The maximum Gasteiger partial charge on any atom is 0.339 e. The van der Waals surface area contributed by atoms with Crippen molar-refractivity contribution >= 4 is 37.8 Å². The van der Waals surface area contributed by atoms with Crippen LogP contribution in [0.1, 0.15) is 64.7 Å². The van der Waals surface area contributed by atoms with E-state index < -0.39 is 0 Å². The smallest absolute Gasteiger partial charge is 0.339 e. The molecule has 0 saturated carbocycles. The van der Waals surface area contributed by atoms with Gasteiger partial charge in [0.2, 0.25) is 0 Å². The van der Waals surface area contributed by atoms with E-state index in [1.54, 1.807) is 0 Å². The van der Waals surface area contributed by atoms with E-state index in [9.17, 15) is 4.79 Å². The number of rotatable bonds is 9. The summed E-state index contributed by atoms with van der Waals surface area (Å²) in [7, 11) is 0. The fraction of sp³-hybridized carbons (Fsp3) is 0.667. The van der Waals surface area contributed by atoms with Gasteiger partial charge in [-0.1, -0.05) is 51.9 Å². The number of unbranched alkanes of at least 4 members (excludes halogenated alkanes) is 7. The van der Waals surface area contributed by atoms with Crippen molar-refractivity contribution < 1.29 is 9.53 Å². The zero-order valence-corrected chi connectivity index (χ0v) is 14.7. The van der Waals surface area contributed by atoms with E-state index in [2.05, 4.69) is 38.8 Å². The van der Waals surface area contributed by atoms with Gasteiger partial charge in [-0.05, 0) is 50.8 Å². The van der Waals surface area contributed by atoms with E-state index in [-0.39, 0.29) is 5.97 Å². The van der Waals surface area contributed by atoms with Crippen molar-refractivity contribution in [2.45, 2.75) is 64.7 Å². The maximum atomic E-state index is 11.6. The zero-order chi connectivity index (χ0) is 14.1. The fourth-order valence-electron chi connectivity index (χ4n) is 2.13. The van der Waals surface area contributed by atoms with Crippen LogP contribution in [-0.2, 0) is 9.53 Å². The molecule has 1 aliphatic rings. The number of ether oxygens (including phenoxy) is 1. The lowest BCUT2D eigenvalue weighted by Crippen LogP contribution is -1.98. The summed E-state index contributed by atoms with van der Waals surface area (Å²) in [5.41, 5.74) is 0.789. The molecular formula is C15H22Br2O2. The molecule has 0 aromatic heterocycles. The second-order valence-electron chi connectivity index (χ2n) is 4.91. The van der Waals surface area contributed by atoms with Gasteiger partial charge < -0.3 is 4.74 Å². The van der Waals surface area contributed by atoms with Gasteiger partial charge >= 0.3 is 5.97 Å². The highest BCUT2D eigenvalue weighted by molar-refractivity contribution is 9.28. The number of allylic oxidation sites excluding steroid dienone is 1. The Labute approximate surface area is 132 Å². The van der Waals surface area contributed by atoms with Crippen LogP contribution in [0.15, 0.2) is 20.8 Å². The number of halogens is 2. The number of esters is 1. The number of hydrogen-bond acceptors (Lipinski definition) is 2. The topological polar surface area (TPSA) is 26.3 Å². The summed E-state index contributed by atoms with van der Waals surface area (Å²) in [5, 5.41) is 0. The van der Waals surface area contributed by atoms with Gasteiger partial charge in [-0.2, -0.15) is 0 Å². The van der Waals surface area contributed by atoms with Crippen molar-refractivity contribution in [3.05, 3.63) is 20.8 Å². The average Bonchev–Trinajstić information content (AvgIpc) is 2.74. The van der Waals surface area contributed by atoms with Gasteiger partial charge in [-0.3, -0.25) is 0 Å². The maximum absolute atomic E-state index is 11.6. The van der Waals surface area contributed by atoms with Crippen molar-refractivity contribution in [1.29, 1.82) is 0 Å². The predicted octanol–water partition coefficient (Wildman–Crippen LogP) is 5.96. The third-order valence-corrected chi connectivity index (χ3v) is 4.04. The minimum atomic E-state index is -0.200. The number of carbonyl (C=O) groups excluding carboxylic acids is 1. The zero-order valence-electron chi connectivity index (χ0n) is 11.5. The lowest BCUT2D eigenvalue weighted by atomic mass is 10.0. The molecule has 0 aromatic carbocycles. The van der Waals surface area contributed by atoms with Crippen molar-refractivity contribution in [3.8, 4) is 0 Å². The first-order valence-corrected chi connectivity index (χ1v) is 8.71. The van der Waals surface area contributed by atoms with Crippen LogP contribution < -0.4 is 0 Å². The molecule has 4 heteroatoms. The SMILES string of the molecule is CCCCCCCCCCC1=CC(=C(Br)Br)OC1=O. The molecule has 0 aliphatic carbocycles. The highest BCUT2D eigenvalue weighted by atomic mass is 79.9. The Bertz CT molecular complexity index is 355. The lowest BCUT2D eigenvalue weighted by molar-refractivity contribution is -0.133. The summed E-state index contributed by atoms with van der Waals surface area (Å²) in [6, 6.07) is 0. The highest BCUT2D eigenvalue weighted by Crippen LogP contribution is 2.29. The van der Waals surface area contributed by atoms with Crippen LogP contribution in [0.25, 0.3) is 0 Å². The third kappa shape index (κ3) is 6.75. The standard InChI is InChI=1S/C15H22Br2O2/c1-2-3-4-5-6-7-8-9-10-12-11-13(14(16)17)19-15(12)18/h11H,2-10H2,1H3. The Morgan fingerprint density at radius 2 is 1.63 bits per heavy atom. The van der Waals surface area contributed by atoms with E-state index in [4.69, 9.17) is 4.74 Å². The Morgan fingerprint density at radius 1 is 1.05 bits per heavy atom. The van der Waals surface area contributed by atoms with Gasteiger partial charge in [0.25, 0.3) is 0 Å². The molecule has 2 nitrogen and oxygen atoms in total. The first-order chi connectivity index (χ1) is 9.15. The summed E-state index contributed by atoms with van der Waals surface area (Å²) in [6.07, 6.45) is 12.9. The molecule has 0 radical (unpaired) electrons. The number of hydrogen-bond donors (Lipinski definition) is 0. The van der Waals surface area contributed by atoms with E-state index >= 15 is 0 Å². The molecule has 0 spiro atoms. The van der Waals surface area contributed by atoms with Gasteiger partial charge in [-0.15, -0.1) is 0 Å². The predicted molar refractivity (Wildman–Crippen MR) is 86.3 cm³/mol. The van der Waals surface area contributed by atoms with E-state index in [1.165, 1.54) is 44.9 Å². The summed E-state index contributed by atoms with van der Waals surface area (Å²) in [4.78, 5) is 11.6. The van der Waals surface area contributed by atoms with Crippen molar-refractivity contribution in [3.63, 3.8) is 0 Å². The molecule has 108 valence electrons. The minimum absolute atomic E-state index is 0.200. The molecule has 0 aromatic rings. The minimum Gasteiger partial charge on any atom is -0.421 e. The van der Waals surface area contributed by atoms with Gasteiger partial charge in [0.15, 0.2) is 5.76 Å². The Hall–Kier alpha value is -0.0900. The monoisotopic (exact) mass is 392 g/mol. The molecule has 0 fully saturated rings. The van der Waals surface area contributed by atoms with Crippen molar-refractivity contribution in [2.75, 3.05) is 0 Å². The average molecular weight is 394 g/mol. The summed E-state index contributed by atoms with van der Waals surface area (Å²) in [5.74, 6) is 0.383. The molecule has 1 aliphatic heterocycles. The normalized spacial score (nSPS) is 14.6. The molecule has 19 heavy (non-hydrogen) atoms. The summed E-state index contributed by atoms with van der Waals surface area (Å²) in [6.45, 7) is 2.24. The van der Waals surface area contributed by atoms with Crippen LogP contribution in [0.2, 0.25) is 0 Å². The first kappa shape index (κ1) is 17.0. The Kier molecular flexibility index (Phi) is 8.71. The summed E-state index contributed by atoms with van der Waals surface area (Å²) < 4.78 is 5.81. The van der Waals surface area contributed by atoms with E-state index in [0.717, 1.165) is 18.4 Å². The summed E-state index contributed by atoms with van der Waals surface area (Å²) >= 11 is 6.51. The number of cyclic esters (lactones) is 1. The van der Waals surface area contributed by atoms with Gasteiger partial charge in [0, 0.05) is 5.57 Å². The molecule has 0 N–H and O–H groups in total. The quantitative estimate of drug-likeness (QED) is 0.356. The second kappa shape index (κ2) is 9.76. The molecule has 0 saturated heterocycles. The van der Waals surface area contributed by atoms with Gasteiger partial charge in [0.05, 0.1) is 0 Å². The molecule has 0 atom stereocenters. The largest absolute Gasteiger partial charge is 0.421 e. The highest BCUT2D eigenvalue weighted by Gasteiger charge is 2.21. The third-order valence-electron chi connectivity index (χ3n) is 3.26. The van der Waals surface area contributed by atoms with Crippen molar-refractivity contribution in [1.82, 2.24) is 0 Å². The van der Waals surface area contributed by atoms with Crippen LogP contribution in [0.5, 0.6) is 0 Å². The van der Waals surface area contributed by atoms with E-state index in [1.807, 2.05) is 6.08 Å². The molecule has 0 bridgehead atoms. The van der Waals surface area contributed by atoms with E-state index in [0.29, 0.717) is 9.15 Å². The molecular weight excluding hydrogens is 372 g/mol.